The molecule has 3 N–H and O–H groups in total. The molecule has 0 aromatic heterocycles. The molecule has 1 aliphatic rings. The third-order valence-corrected chi connectivity index (χ3v) is 6.06. The van der Waals surface area contributed by atoms with Crippen LogP contribution in [0.15, 0.2) is 89.9 Å². The third kappa shape index (κ3) is 4.29. The van der Waals surface area contributed by atoms with Crippen LogP contribution in [0.25, 0.3) is 10.8 Å². The summed E-state index contributed by atoms with van der Waals surface area (Å²) < 4.78 is 0. The first-order valence-electron chi connectivity index (χ1n) is 10.7. The Balaban J connectivity index is 1.61. The molecule has 5 rings (SSSR count). The van der Waals surface area contributed by atoms with Crippen LogP contribution >= 0.6 is 11.6 Å². The van der Waals surface area contributed by atoms with Gasteiger partial charge in [-0.3, -0.25) is 19.8 Å². The molecular weight excluding hydrogens is 450 g/mol. The number of benzodiazepines with no additional fused rings is 1. The Morgan fingerprint density at radius 2 is 1.79 bits per heavy atom. The van der Waals surface area contributed by atoms with Crippen molar-refractivity contribution in [1.82, 2.24) is 5.48 Å². The number of hydrogen-bond acceptors (Lipinski definition) is 4. The topological polar surface area (TPSA) is 90.8 Å². The second kappa shape index (κ2) is 9.09. The van der Waals surface area contributed by atoms with E-state index in [4.69, 9.17) is 21.8 Å². The first-order valence-corrected chi connectivity index (χ1v) is 11.1. The Hall–Kier alpha value is -4.00. The molecule has 0 spiro atoms. The number of halogens is 1. The number of fused-ring (bicyclic) bond motifs is 2. The van der Waals surface area contributed by atoms with Gasteiger partial charge in [-0.1, -0.05) is 66.2 Å². The van der Waals surface area contributed by atoms with Crippen LogP contribution < -0.4 is 10.8 Å². The number of hydrogen-bond donors (Lipinski definition) is 3. The van der Waals surface area contributed by atoms with Gasteiger partial charge in [0.1, 0.15) is 6.04 Å². The molecule has 6 nitrogen and oxygen atoms in total. The quantitative estimate of drug-likeness (QED) is 0.290. The highest BCUT2D eigenvalue weighted by atomic mass is 35.5. The summed E-state index contributed by atoms with van der Waals surface area (Å²) in [4.78, 5) is 30.0. The number of hydroxylamine groups is 1. The van der Waals surface area contributed by atoms with Gasteiger partial charge in [-0.25, -0.2) is 5.48 Å². The number of benzene rings is 4. The fourth-order valence-electron chi connectivity index (χ4n) is 4.15. The molecule has 1 aliphatic heterocycles. The zero-order chi connectivity index (χ0) is 23.7. The van der Waals surface area contributed by atoms with E-state index in [9.17, 15) is 9.59 Å². The van der Waals surface area contributed by atoms with Crippen molar-refractivity contribution < 1.29 is 14.8 Å². The molecule has 0 saturated heterocycles. The van der Waals surface area contributed by atoms with Crippen LogP contribution in [0, 0.1) is 0 Å². The molecule has 4 aromatic rings. The molecule has 0 bridgehead atoms. The minimum Gasteiger partial charge on any atom is -0.324 e. The molecule has 0 aliphatic carbocycles. The van der Waals surface area contributed by atoms with E-state index in [0.29, 0.717) is 34.0 Å². The molecule has 7 heteroatoms. The van der Waals surface area contributed by atoms with Gasteiger partial charge in [0.05, 0.1) is 11.4 Å². The minimum atomic E-state index is -0.697. The van der Waals surface area contributed by atoms with Gasteiger partial charge in [-0.15, -0.1) is 0 Å². The molecule has 1 heterocycles. The number of nitrogens with one attached hydrogen (secondary N) is 2. The standard InChI is InChI=1S/C27H20ClN3O3/c28-21-10-11-23-22(15-21)25(19-6-3-7-20(14-19)26(32)31-34)29-24(27(33)30-23)13-16-8-9-17-4-1-2-5-18(17)12-16/h1-12,14-15,24,34H,13H2,(H,30,33)(H,31,32). The fraction of sp³-hybridized carbons (Fsp3) is 0.0741. The number of carbonyl (C=O) groups excluding carboxylic acids is 2. The van der Waals surface area contributed by atoms with E-state index in [-0.39, 0.29) is 11.5 Å². The maximum absolute atomic E-state index is 13.2. The van der Waals surface area contributed by atoms with Gasteiger partial charge in [0.15, 0.2) is 0 Å². The van der Waals surface area contributed by atoms with Crippen molar-refractivity contribution in [2.75, 3.05) is 5.32 Å². The number of amides is 2. The summed E-state index contributed by atoms with van der Waals surface area (Å²) in [6, 6.07) is 25.4. The lowest BCUT2D eigenvalue weighted by molar-refractivity contribution is -0.117. The summed E-state index contributed by atoms with van der Waals surface area (Å²) in [6.07, 6.45) is 0.401. The van der Waals surface area contributed by atoms with E-state index in [1.165, 1.54) is 0 Å². The highest BCUT2D eigenvalue weighted by molar-refractivity contribution is 6.32. The van der Waals surface area contributed by atoms with Gasteiger partial charge < -0.3 is 5.32 Å². The Labute approximate surface area is 200 Å². The summed E-state index contributed by atoms with van der Waals surface area (Å²) in [6.45, 7) is 0. The molecule has 1 unspecified atom stereocenters. The Kier molecular flexibility index (Phi) is 5.84. The monoisotopic (exact) mass is 469 g/mol. The molecule has 168 valence electrons. The van der Waals surface area contributed by atoms with Crippen LogP contribution in [0.2, 0.25) is 5.02 Å². The smallest absolute Gasteiger partial charge is 0.274 e. The molecule has 2 amide bonds. The summed E-state index contributed by atoms with van der Waals surface area (Å²) in [7, 11) is 0. The van der Waals surface area contributed by atoms with Crippen molar-refractivity contribution in [3.05, 3.63) is 112 Å². The van der Waals surface area contributed by atoms with Crippen LogP contribution in [0.1, 0.15) is 27.0 Å². The summed E-state index contributed by atoms with van der Waals surface area (Å²) >= 11 is 6.28. The number of carbonyl (C=O) groups is 2. The van der Waals surface area contributed by atoms with Gasteiger partial charge in [-0.2, -0.15) is 0 Å². The molecule has 0 saturated carbocycles. The average molecular weight is 470 g/mol. The van der Waals surface area contributed by atoms with E-state index in [0.717, 1.165) is 16.3 Å². The second-order valence-electron chi connectivity index (χ2n) is 8.08. The van der Waals surface area contributed by atoms with E-state index in [1.807, 2.05) is 36.4 Å². The molecular formula is C27H20ClN3O3. The average Bonchev–Trinajstić information content (AvgIpc) is 2.99. The Bertz CT molecular complexity index is 1460. The highest BCUT2D eigenvalue weighted by Crippen LogP contribution is 2.29. The lowest BCUT2D eigenvalue weighted by atomic mass is 9.98. The minimum absolute atomic E-state index is 0.226. The summed E-state index contributed by atoms with van der Waals surface area (Å²) in [5.41, 5.74) is 5.31. The predicted octanol–water partition coefficient (Wildman–Crippen LogP) is 5.01. The van der Waals surface area contributed by atoms with Crippen molar-refractivity contribution in [2.24, 2.45) is 4.99 Å². The van der Waals surface area contributed by atoms with E-state index >= 15 is 0 Å². The van der Waals surface area contributed by atoms with Gasteiger partial charge in [0.2, 0.25) is 5.91 Å². The van der Waals surface area contributed by atoms with Crippen molar-refractivity contribution in [3.8, 4) is 0 Å². The lowest BCUT2D eigenvalue weighted by Gasteiger charge is -2.12. The van der Waals surface area contributed by atoms with E-state index in [1.54, 1.807) is 47.9 Å². The third-order valence-electron chi connectivity index (χ3n) is 5.82. The Morgan fingerprint density at radius 3 is 2.62 bits per heavy atom. The lowest BCUT2D eigenvalue weighted by Crippen LogP contribution is -2.27. The first kappa shape index (κ1) is 21.8. The van der Waals surface area contributed by atoms with Gasteiger partial charge >= 0.3 is 0 Å². The van der Waals surface area contributed by atoms with Crippen LogP contribution in [-0.4, -0.2) is 28.8 Å². The molecule has 0 radical (unpaired) electrons. The zero-order valence-electron chi connectivity index (χ0n) is 18.0. The van der Waals surface area contributed by atoms with E-state index in [2.05, 4.69) is 11.4 Å². The van der Waals surface area contributed by atoms with Crippen molar-refractivity contribution in [3.63, 3.8) is 0 Å². The van der Waals surface area contributed by atoms with Crippen LogP contribution in [0.4, 0.5) is 5.69 Å². The second-order valence-corrected chi connectivity index (χ2v) is 8.52. The molecule has 4 aromatic carbocycles. The fourth-order valence-corrected chi connectivity index (χ4v) is 4.32. The zero-order valence-corrected chi connectivity index (χ0v) is 18.7. The summed E-state index contributed by atoms with van der Waals surface area (Å²) in [5, 5.41) is 14.7. The van der Waals surface area contributed by atoms with Gasteiger partial charge in [0, 0.05) is 28.1 Å². The first-order chi connectivity index (χ1) is 16.5. The SMILES string of the molecule is O=C(NO)c1cccc(C2=NC(Cc3ccc4ccccc4c3)C(=O)Nc3ccc(Cl)cc32)c1. The Morgan fingerprint density at radius 1 is 0.971 bits per heavy atom. The van der Waals surface area contributed by atoms with Gasteiger partial charge in [0.25, 0.3) is 5.91 Å². The van der Waals surface area contributed by atoms with Crippen LogP contribution in [0.3, 0.4) is 0 Å². The van der Waals surface area contributed by atoms with Crippen molar-refractivity contribution >= 4 is 45.6 Å². The maximum Gasteiger partial charge on any atom is 0.274 e. The highest BCUT2D eigenvalue weighted by Gasteiger charge is 2.26. The number of rotatable bonds is 4. The maximum atomic E-state index is 13.2. The van der Waals surface area contributed by atoms with Gasteiger partial charge in [-0.05, 0) is 46.7 Å². The van der Waals surface area contributed by atoms with Crippen molar-refractivity contribution in [1.29, 1.82) is 0 Å². The van der Waals surface area contributed by atoms with Crippen molar-refractivity contribution in [2.45, 2.75) is 12.5 Å². The van der Waals surface area contributed by atoms with Crippen LogP contribution in [0.5, 0.6) is 0 Å². The number of nitrogens with zero attached hydrogens (tertiary/aromatic N) is 1. The number of anilines is 1. The number of aliphatic imine (C=N–C) groups is 1. The molecule has 0 fully saturated rings. The van der Waals surface area contributed by atoms with E-state index < -0.39 is 11.9 Å². The molecule has 34 heavy (non-hydrogen) atoms. The predicted molar refractivity (Wildman–Crippen MR) is 133 cm³/mol. The summed E-state index contributed by atoms with van der Waals surface area (Å²) in [5.74, 6) is -0.861. The van der Waals surface area contributed by atoms with Crippen LogP contribution in [-0.2, 0) is 11.2 Å². The largest absolute Gasteiger partial charge is 0.324 e. The molecule has 1 atom stereocenters. The normalized spacial score (nSPS) is 15.2.